The van der Waals surface area contributed by atoms with E-state index in [-0.39, 0.29) is 5.82 Å². The third kappa shape index (κ3) is 1.84. The van der Waals surface area contributed by atoms with Gasteiger partial charge in [0.15, 0.2) is 0 Å². The molecule has 1 atom stereocenters. The summed E-state index contributed by atoms with van der Waals surface area (Å²) in [6, 6.07) is 1.82. The molecule has 1 aromatic heterocycles. The average Bonchev–Trinajstić information content (AvgIpc) is 2.08. The van der Waals surface area contributed by atoms with Gasteiger partial charge in [0.2, 0.25) is 5.91 Å². The molecule has 0 spiro atoms. The molecule has 6 nitrogen and oxygen atoms in total. The number of primary amides is 1. The Morgan fingerprint density at radius 1 is 1.62 bits per heavy atom. The Hall–Kier alpha value is -1.85. The van der Waals surface area contributed by atoms with Gasteiger partial charge >= 0.3 is 0 Å². The minimum absolute atomic E-state index is 0.174. The van der Waals surface area contributed by atoms with Gasteiger partial charge in [0.25, 0.3) is 5.56 Å². The van der Waals surface area contributed by atoms with Gasteiger partial charge in [-0.3, -0.25) is 9.59 Å². The minimum atomic E-state index is -0.781. The van der Waals surface area contributed by atoms with Gasteiger partial charge in [-0.05, 0) is 13.0 Å². The Balaban J connectivity index is 3.21. The predicted octanol–water partition coefficient (Wildman–Crippen LogP) is -1.13. The first-order valence-corrected chi connectivity index (χ1v) is 3.67. The zero-order chi connectivity index (χ0) is 10.0. The SMILES string of the molecule is CC(C(N)=O)n1nc(N)ccc1=O. The Labute approximate surface area is 74.1 Å². The molecule has 0 aliphatic carbocycles. The van der Waals surface area contributed by atoms with Crippen molar-refractivity contribution in [3.05, 3.63) is 22.5 Å². The summed E-state index contributed by atoms with van der Waals surface area (Å²) in [6.07, 6.45) is 0. The number of rotatable bonds is 2. The molecule has 0 aromatic carbocycles. The lowest BCUT2D eigenvalue weighted by Crippen LogP contribution is -2.33. The number of anilines is 1. The van der Waals surface area contributed by atoms with Crippen molar-refractivity contribution >= 4 is 11.7 Å². The van der Waals surface area contributed by atoms with Gasteiger partial charge in [0.1, 0.15) is 11.9 Å². The number of nitrogens with zero attached hydrogens (tertiary/aromatic N) is 2. The summed E-state index contributed by atoms with van der Waals surface area (Å²) < 4.78 is 0.956. The zero-order valence-electron chi connectivity index (χ0n) is 7.10. The van der Waals surface area contributed by atoms with Crippen molar-refractivity contribution in [2.45, 2.75) is 13.0 Å². The molecule has 1 rings (SSSR count). The lowest BCUT2D eigenvalue weighted by molar-refractivity contribution is -0.121. The number of hydrogen-bond acceptors (Lipinski definition) is 4. The molecule has 0 bridgehead atoms. The highest BCUT2D eigenvalue weighted by Crippen LogP contribution is 1.99. The van der Waals surface area contributed by atoms with Gasteiger partial charge < -0.3 is 11.5 Å². The van der Waals surface area contributed by atoms with Crippen LogP contribution in [0.5, 0.6) is 0 Å². The minimum Gasteiger partial charge on any atom is -0.382 e. The van der Waals surface area contributed by atoms with E-state index in [1.165, 1.54) is 19.1 Å². The van der Waals surface area contributed by atoms with Crippen LogP contribution in [0, 0.1) is 0 Å². The maximum Gasteiger partial charge on any atom is 0.267 e. The van der Waals surface area contributed by atoms with Crippen molar-refractivity contribution in [1.82, 2.24) is 9.78 Å². The zero-order valence-corrected chi connectivity index (χ0v) is 7.10. The van der Waals surface area contributed by atoms with Crippen molar-refractivity contribution in [3.63, 3.8) is 0 Å². The van der Waals surface area contributed by atoms with Crippen molar-refractivity contribution in [2.75, 3.05) is 5.73 Å². The second kappa shape index (κ2) is 3.26. The standard InChI is InChI=1S/C7H10N4O2/c1-4(7(9)13)11-6(12)3-2-5(8)10-11/h2-4H,1H3,(H2,8,10)(H2,9,13). The lowest BCUT2D eigenvalue weighted by atomic mass is 10.3. The fourth-order valence-electron chi connectivity index (χ4n) is 0.838. The van der Waals surface area contributed by atoms with E-state index in [1.54, 1.807) is 0 Å². The number of nitrogen functional groups attached to an aromatic ring is 1. The van der Waals surface area contributed by atoms with E-state index in [0.29, 0.717) is 0 Å². The lowest BCUT2D eigenvalue weighted by Gasteiger charge is -2.09. The Morgan fingerprint density at radius 3 is 2.77 bits per heavy atom. The third-order valence-electron chi connectivity index (χ3n) is 1.62. The van der Waals surface area contributed by atoms with Gasteiger partial charge in [-0.1, -0.05) is 0 Å². The first-order chi connectivity index (χ1) is 6.02. The molecule has 0 saturated heterocycles. The summed E-state index contributed by atoms with van der Waals surface area (Å²) in [5.41, 5.74) is 9.95. The molecule has 0 aliphatic heterocycles. The van der Waals surface area contributed by atoms with Gasteiger partial charge in [-0.15, -0.1) is 0 Å². The van der Waals surface area contributed by atoms with Gasteiger partial charge in [-0.25, -0.2) is 4.68 Å². The second-order valence-electron chi connectivity index (χ2n) is 2.62. The smallest absolute Gasteiger partial charge is 0.267 e. The molecule has 0 saturated carbocycles. The van der Waals surface area contributed by atoms with Crippen LogP contribution in [0.25, 0.3) is 0 Å². The molecular formula is C7H10N4O2. The van der Waals surface area contributed by atoms with Crippen LogP contribution in [0.15, 0.2) is 16.9 Å². The van der Waals surface area contributed by atoms with E-state index in [4.69, 9.17) is 11.5 Å². The average molecular weight is 182 g/mol. The number of aromatic nitrogens is 2. The van der Waals surface area contributed by atoms with Crippen LogP contribution in [0.3, 0.4) is 0 Å². The van der Waals surface area contributed by atoms with Crippen LogP contribution in [-0.4, -0.2) is 15.7 Å². The van der Waals surface area contributed by atoms with Crippen molar-refractivity contribution < 1.29 is 4.79 Å². The third-order valence-corrected chi connectivity index (χ3v) is 1.62. The van der Waals surface area contributed by atoms with Crippen LogP contribution >= 0.6 is 0 Å². The van der Waals surface area contributed by atoms with E-state index < -0.39 is 17.5 Å². The van der Waals surface area contributed by atoms with Gasteiger partial charge in [0.05, 0.1) is 0 Å². The number of carbonyl (C=O) groups is 1. The molecule has 6 heteroatoms. The predicted molar refractivity (Wildman–Crippen MR) is 46.8 cm³/mol. The highest BCUT2D eigenvalue weighted by Gasteiger charge is 2.13. The van der Waals surface area contributed by atoms with E-state index in [9.17, 15) is 9.59 Å². The summed E-state index contributed by atoms with van der Waals surface area (Å²) in [6.45, 7) is 1.48. The number of amides is 1. The molecule has 4 N–H and O–H groups in total. The van der Waals surface area contributed by atoms with Gasteiger partial charge in [-0.2, -0.15) is 5.10 Å². The summed E-state index contributed by atoms with van der Waals surface area (Å²) in [4.78, 5) is 21.9. The molecule has 13 heavy (non-hydrogen) atoms. The number of hydrogen-bond donors (Lipinski definition) is 2. The topological polar surface area (TPSA) is 104 Å². The highest BCUT2D eigenvalue weighted by molar-refractivity contribution is 5.77. The first kappa shape index (κ1) is 9.24. The summed E-state index contributed by atoms with van der Waals surface area (Å²) in [5, 5.41) is 3.68. The summed E-state index contributed by atoms with van der Waals surface area (Å²) >= 11 is 0. The van der Waals surface area contributed by atoms with E-state index in [1.807, 2.05) is 0 Å². The molecule has 70 valence electrons. The normalized spacial score (nSPS) is 12.4. The van der Waals surface area contributed by atoms with Crippen molar-refractivity contribution in [3.8, 4) is 0 Å². The Morgan fingerprint density at radius 2 is 2.23 bits per heavy atom. The van der Waals surface area contributed by atoms with Crippen LogP contribution in [-0.2, 0) is 4.79 Å². The van der Waals surface area contributed by atoms with Crippen LogP contribution in [0.4, 0.5) is 5.82 Å². The molecular weight excluding hydrogens is 172 g/mol. The van der Waals surface area contributed by atoms with E-state index >= 15 is 0 Å². The van der Waals surface area contributed by atoms with Crippen molar-refractivity contribution in [2.24, 2.45) is 5.73 Å². The van der Waals surface area contributed by atoms with Crippen LogP contribution < -0.4 is 17.0 Å². The first-order valence-electron chi connectivity index (χ1n) is 3.67. The summed E-state index contributed by atoms with van der Waals surface area (Å²) in [7, 11) is 0. The molecule has 0 fully saturated rings. The summed E-state index contributed by atoms with van der Waals surface area (Å²) in [5.74, 6) is -0.451. The fourth-order valence-corrected chi connectivity index (χ4v) is 0.838. The maximum absolute atomic E-state index is 11.2. The highest BCUT2D eigenvalue weighted by atomic mass is 16.2. The van der Waals surface area contributed by atoms with E-state index in [2.05, 4.69) is 5.10 Å². The van der Waals surface area contributed by atoms with Crippen LogP contribution in [0.2, 0.25) is 0 Å². The second-order valence-corrected chi connectivity index (χ2v) is 2.62. The quantitative estimate of drug-likeness (QED) is 0.603. The molecule has 1 aromatic rings. The number of carbonyl (C=O) groups excluding carboxylic acids is 1. The van der Waals surface area contributed by atoms with Gasteiger partial charge in [0, 0.05) is 6.07 Å². The Kier molecular flexibility index (Phi) is 2.32. The monoisotopic (exact) mass is 182 g/mol. The van der Waals surface area contributed by atoms with Crippen molar-refractivity contribution in [1.29, 1.82) is 0 Å². The molecule has 1 unspecified atom stereocenters. The maximum atomic E-state index is 11.2. The molecule has 1 amide bonds. The molecule has 0 aliphatic rings. The van der Waals surface area contributed by atoms with Crippen LogP contribution in [0.1, 0.15) is 13.0 Å². The fraction of sp³-hybridized carbons (Fsp3) is 0.286. The number of nitrogens with two attached hydrogens (primary N) is 2. The largest absolute Gasteiger partial charge is 0.382 e. The Bertz CT molecular complexity index is 384. The van der Waals surface area contributed by atoms with E-state index in [0.717, 1.165) is 4.68 Å². The molecule has 0 radical (unpaired) electrons. The molecule has 1 heterocycles.